The molecule has 0 amide bonds. The van der Waals surface area contributed by atoms with Gasteiger partial charge in [-0.05, 0) is 18.4 Å². The third kappa shape index (κ3) is 1.75. The molecule has 1 saturated carbocycles. The molecule has 18 heavy (non-hydrogen) atoms. The average Bonchev–Trinajstić information content (AvgIpc) is 3.09. The second kappa shape index (κ2) is 4.58. The molecule has 1 heterocycles. The highest BCUT2D eigenvalue weighted by atomic mass is 15.1. The van der Waals surface area contributed by atoms with Gasteiger partial charge in [0, 0.05) is 17.5 Å². The van der Waals surface area contributed by atoms with E-state index in [9.17, 15) is 0 Å². The summed E-state index contributed by atoms with van der Waals surface area (Å²) in [6, 6.07) is 10.4. The lowest BCUT2D eigenvalue weighted by atomic mass is 9.78. The van der Waals surface area contributed by atoms with Gasteiger partial charge in [-0.3, -0.25) is 5.10 Å². The molecular weight excluding hydrogens is 222 g/mol. The Hall–Kier alpha value is -1.61. The summed E-state index contributed by atoms with van der Waals surface area (Å²) in [6.07, 6.45) is 6.89. The van der Waals surface area contributed by atoms with Crippen LogP contribution >= 0.6 is 0 Å². The highest BCUT2D eigenvalue weighted by Crippen LogP contribution is 2.43. The summed E-state index contributed by atoms with van der Waals surface area (Å²) in [6.45, 7) is 0.715. The van der Waals surface area contributed by atoms with Crippen LogP contribution in [-0.4, -0.2) is 16.7 Å². The minimum Gasteiger partial charge on any atom is -0.330 e. The van der Waals surface area contributed by atoms with Crippen molar-refractivity contribution in [3.63, 3.8) is 0 Å². The minimum absolute atomic E-state index is 0.137. The van der Waals surface area contributed by atoms with Crippen LogP contribution in [0.4, 0.5) is 0 Å². The van der Waals surface area contributed by atoms with E-state index in [1.54, 1.807) is 0 Å². The van der Waals surface area contributed by atoms with Gasteiger partial charge in [-0.1, -0.05) is 43.2 Å². The first-order valence-corrected chi connectivity index (χ1v) is 6.65. The predicted octanol–water partition coefficient (Wildman–Crippen LogP) is 2.85. The van der Waals surface area contributed by atoms with E-state index in [4.69, 9.17) is 5.73 Å². The van der Waals surface area contributed by atoms with Crippen LogP contribution in [0.5, 0.6) is 0 Å². The maximum atomic E-state index is 6.07. The summed E-state index contributed by atoms with van der Waals surface area (Å²) >= 11 is 0. The van der Waals surface area contributed by atoms with Gasteiger partial charge in [-0.25, -0.2) is 0 Å². The lowest BCUT2D eigenvalue weighted by Gasteiger charge is -2.27. The Bertz CT molecular complexity index is 510. The van der Waals surface area contributed by atoms with Gasteiger partial charge in [0.2, 0.25) is 0 Å². The second-order valence-corrected chi connectivity index (χ2v) is 5.22. The fourth-order valence-electron chi connectivity index (χ4n) is 3.15. The van der Waals surface area contributed by atoms with E-state index in [0.717, 1.165) is 5.69 Å². The van der Waals surface area contributed by atoms with Crippen LogP contribution in [-0.2, 0) is 5.41 Å². The van der Waals surface area contributed by atoms with Crippen LogP contribution in [0.25, 0.3) is 11.3 Å². The summed E-state index contributed by atoms with van der Waals surface area (Å²) < 4.78 is 0. The molecular formula is C15H19N3. The van der Waals surface area contributed by atoms with Crippen molar-refractivity contribution in [1.29, 1.82) is 0 Å². The molecule has 3 rings (SSSR count). The van der Waals surface area contributed by atoms with E-state index in [1.807, 2.05) is 12.3 Å². The lowest BCUT2D eigenvalue weighted by molar-refractivity contribution is 0.454. The SMILES string of the molecule is NCC1(c2cn[nH]c2-c2ccccc2)CCCC1. The Morgan fingerprint density at radius 1 is 1.17 bits per heavy atom. The van der Waals surface area contributed by atoms with E-state index in [1.165, 1.54) is 36.8 Å². The van der Waals surface area contributed by atoms with Gasteiger partial charge in [0.15, 0.2) is 0 Å². The largest absolute Gasteiger partial charge is 0.330 e. The number of hydrogen-bond donors (Lipinski definition) is 2. The first-order chi connectivity index (χ1) is 8.86. The Morgan fingerprint density at radius 3 is 2.56 bits per heavy atom. The van der Waals surface area contributed by atoms with Crippen LogP contribution < -0.4 is 5.73 Å². The van der Waals surface area contributed by atoms with Gasteiger partial charge >= 0.3 is 0 Å². The molecule has 1 aliphatic rings. The number of nitrogens with one attached hydrogen (secondary N) is 1. The van der Waals surface area contributed by atoms with Crippen molar-refractivity contribution in [2.75, 3.05) is 6.54 Å². The Kier molecular flexibility index (Phi) is 2.92. The van der Waals surface area contributed by atoms with Crippen molar-refractivity contribution >= 4 is 0 Å². The molecule has 1 fully saturated rings. The number of benzene rings is 1. The molecule has 1 aromatic carbocycles. The summed E-state index contributed by atoms with van der Waals surface area (Å²) in [5.74, 6) is 0. The predicted molar refractivity (Wildman–Crippen MR) is 73.2 cm³/mol. The Balaban J connectivity index is 2.06. The summed E-state index contributed by atoms with van der Waals surface area (Å²) in [5.41, 5.74) is 9.84. The van der Waals surface area contributed by atoms with Gasteiger partial charge in [0.25, 0.3) is 0 Å². The third-order valence-electron chi connectivity index (χ3n) is 4.22. The van der Waals surface area contributed by atoms with Crippen molar-refractivity contribution in [3.8, 4) is 11.3 Å². The molecule has 2 aromatic rings. The smallest absolute Gasteiger partial charge is 0.0688 e. The standard InChI is InChI=1S/C15H19N3/c16-11-15(8-4-5-9-15)13-10-17-18-14(13)12-6-2-1-3-7-12/h1-3,6-7,10H,4-5,8-9,11,16H2,(H,17,18). The first-order valence-electron chi connectivity index (χ1n) is 6.65. The van der Waals surface area contributed by atoms with E-state index in [2.05, 4.69) is 34.5 Å². The molecule has 94 valence electrons. The van der Waals surface area contributed by atoms with E-state index >= 15 is 0 Å². The molecule has 0 bridgehead atoms. The molecule has 1 aromatic heterocycles. The molecule has 0 unspecified atom stereocenters. The highest BCUT2D eigenvalue weighted by Gasteiger charge is 2.37. The molecule has 0 radical (unpaired) electrons. The number of nitrogens with two attached hydrogens (primary N) is 1. The van der Waals surface area contributed by atoms with Gasteiger partial charge < -0.3 is 5.73 Å². The summed E-state index contributed by atoms with van der Waals surface area (Å²) in [5, 5.41) is 7.41. The number of rotatable bonds is 3. The number of nitrogens with zero attached hydrogens (tertiary/aromatic N) is 1. The maximum Gasteiger partial charge on any atom is 0.0688 e. The molecule has 0 aliphatic heterocycles. The zero-order chi connectivity index (χ0) is 12.4. The molecule has 0 atom stereocenters. The van der Waals surface area contributed by atoms with Crippen molar-refractivity contribution in [2.45, 2.75) is 31.1 Å². The van der Waals surface area contributed by atoms with Gasteiger partial charge in [0.05, 0.1) is 11.9 Å². The summed E-state index contributed by atoms with van der Waals surface area (Å²) in [7, 11) is 0. The summed E-state index contributed by atoms with van der Waals surface area (Å²) in [4.78, 5) is 0. The van der Waals surface area contributed by atoms with Crippen molar-refractivity contribution in [3.05, 3.63) is 42.1 Å². The van der Waals surface area contributed by atoms with Crippen molar-refractivity contribution in [1.82, 2.24) is 10.2 Å². The van der Waals surface area contributed by atoms with Crippen LogP contribution in [0.3, 0.4) is 0 Å². The van der Waals surface area contributed by atoms with Crippen molar-refractivity contribution in [2.24, 2.45) is 5.73 Å². The van der Waals surface area contributed by atoms with E-state index < -0.39 is 0 Å². The average molecular weight is 241 g/mol. The quantitative estimate of drug-likeness (QED) is 0.868. The zero-order valence-electron chi connectivity index (χ0n) is 10.5. The van der Waals surface area contributed by atoms with Crippen LogP contribution in [0.15, 0.2) is 36.5 Å². The zero-order valence-corrected chi connectivity index (χ0v) is 10.5. The molecule has 0 spiro atoms. The van der Waals surface area contributed by atoms with Crippen molar-refractivity contribution < 1.29 is 0 Å². The third-order valence-corrected chi connectivity index (χ3v) is 4.22. The maximum absolute atomic E-state index is 6.07. The molecule has 3 nitrogen and oxygen atoms in total. The van der Waals surface area contributed by atoms with Gasteiger partial charge in [0.1, 0.15) is 0 Å². The van der Waals surface area contributed by atoms with Gasteiger partial charge in [-0.2, -0.15) is 5.10 Å². The normalized spacial score (nSPS) is 18.1. The topological polar surface area (TPSA) is 54.7 Å². The van der Waals surface area contributed by atoms with E-state index in [-0.39, 0.29) is 5.41 Å². The molecule has 1 aliphatic carbocycles. The van der Waals surface area contributed by atoms with Crippen LogP contribution in [0.2, 0.25) is 0 Å². The first kappa shape index (κ1) is 11.5. The van der Waals surface area contributed by atoms with Gasteiger partial charge in [-0.15, -0.1) is 0 Å². The number of hydrogen-bond acceptors (Lipinski definition) is 2. The minimum atomic E-state index is 0.137. The molecule has 0 saturated heterocycles. The Labute approximate surface area is 107 Å². The second-order valence-electron chi connectivity index (χ2n) is 5.22. The fraction of sp³-hybridized carbons (Fsp3) is 0.400. The highest BCUT2D eigenvalue weighted by molar-refractivity contribution is 5.64. The molecule has 3 heteroatoms. The van der Waals surface area contributed by atoms with Crippen LogP contribution in [0.1, 0.15) is 31.2 Å². The number of H-pyrrole nitrogens is 1. The monoisotopic (exact) mass is 241 g/mol. The fourth-order valence-corrected chi connectivity index (χ4v) is 3.15. The number of aromatic amines is 1. The number of aromatic nitrogens is 2. The molecule has 3 N–H and O–H groups in total. The Morgan fingerprint density at radius 2 is 1.89 bits per heavy atom. The lowest BCUT2D eigenvalue weighted by Crippen LogP contribution is -2.32. The van der Waals surface area contributed by atoms with E-state index in [0.29, 0.717) is 6.54 Å². The van der Waals surface area contributed by atoms with Crippen LogP contribution in [0, 0.1) is 0 Å².